The van der Waals surface area contributed by atoms with E-state index >= 15 is 0 Å². The normalized spacial score (nSPS) is 11.8. The Hall–Kier alpha value is -3.36. The number of hydrogen-bond donors (Lipinski definition) is 3. The van der Waals surface area contributed by atoms with Gasteiger partial charge in [-0.1, -0.05) is 24.3 Å². The van der Waals surface area contributed by atoms with Crippen LogP contribution in [-0.4, -0.2) is 28.8 Å². The van der Waals surface area contributed by atoms with Crippen molar-refractivity contribution in [3.8, 4) is 5.75 Å². The molecule has 0 fully saturated rings. The van der Waals surface area contributed by atoms with Crippen LogP contribution < -0.4 is 10.7 Å². The molecule has 26 heavy (non-hydrogen) atoms. The molecule has 0 aliphatic rings. The van der Waals surface area contributed by atoms with E-state index in [2.05, 4.69) is 10.5 Å². The molecule has 0 spiro atoms. The lowest BCUT2D eigenvalue weighted by molar-refractivity contribution is -0.167. The van der Waals surface area contributed by atoms with Crippen LogP contribution in [0, 0.1) is 0 Å². The second kappa shape index (κ2) is 7.68. The molecule has 9 heteroatoms. The van der Waals surface area contributed by atoms with Crippen LogP contribution in [0.3, 0.4) is 0 Å². The summed E-state index contributed by atoms with van der Waals surface area (Å²) in [6.45, 7) is 1.58. The maximum Gasteiger partial charge on any atom is 0.471 e. The van der Waals surface area contributed by atoms with E-state index in [1.807, 2.05) is 0 Å². The number of aromatic hydroxyl groups is 1. The van der Waals surface area contributed by atoms with Gasteiger partial charge >= 0.3 is 12.1 Å². The van der Waals surface area contributed by atoms with Crippen molar-refractivity contribution in [3.05, 3.63) is 59.7 Å². The zero-order chi connectivity index (χ0) is 19.3. The zero-order valence-electron chi connectivity index (χ0n) is 13.5. The van der Waals surface area contributed by atoms with Crippen molar-refractivity contribution in [2.75, 3.05) is 5.32 Å². The summed E-state index contributed by atoms with van der Waals surface area (Å²) in [6, 6.07) is 11.4. The van der Waals surface area contributed by atoms with Crippen molar-refractivity contribution in [3.63, 3.8) is 0 Å². The lowest BCUT2D eigenvalue weighted by atomic mass is 10.1. The molecule has 0 radical (unpaired) electrons. The van der Waals surface area contributed by atoms with Crippen molar-refractivity contribution >= 4 is 23.2 Å². The van der Waals surface area contributed by atoms with Crippen molar-refractivity contribution in [2.24, 2.45) is 5.10 Å². The molecule has 0 heterocycles. The Morgan fingerprint density at radius 3 is 2.23 bits per heavy atom. The molecule has 3 N–H and O–H groups in total. The maximum absolute atomic E-state index is 12.2. The number of benzene rings is 2. The van der Waals surface area contributed by atoms with Gasteiger partial charge in [-0.3, -0.25) is 9.59 Å². The Labute approximate surface area is 146 Å². The van der Waals surface area contributed by atoms with Crippen molar-refractivity contribution in [1.29, 1.82) is 0 Å². The van der Waals surface area contributed by atoms with Crippen LogP contribution in [0.2, 0.25) is 0 Å². The van der Waals surface area contributed by atoms with Gasteiger partial charge in [0.15, 0.2) is 0 Å². The lowest BCUT2D eigenvalue weighted by Crippen LogP contribution is -2.29. The number of para-hydroxylation sites is 1. The molecule has 0 unspecified atom stereocenters. The molecule has 0 aliphatic heterocycles. The second-order valence-electron chi connectivity index (χ2n) is 5.18. The number of carbonyl (C=O) groups excluding carboxylic acids is 2. The number of hydrazone groups is 1. The predicted molar refractivity (Wildman–Crippen MR) is 88.9 cm³/mol. The van der Waals surface area contributed by atoms with E-state index in [0.717, 1.165) is 0 Å². The molecule has 0 saturated carbocycles. The Balaban J connectivity index is 2.04. The monoisotopic (exact) mass is 365 g/mol. The molecular weight excluding hydrogens is 351 g/mol. The number of nitrogens with one attached hydrogen (secondary N) is 2. The van der Waals surface area contributed by atoms with Crippen LogP contribution >= 0.6 is 0 Å². The minimum Gasteiger partial charge on any atom is -0.507 e. The van der Waals surface area contributed by atoms with Gasteiger partial charge in [0.1, 0.15) is 5.75 Å². The molecule has 0 atom stereocenters. The van der Waals surface area contributed by atoms with Gasteiger partial charge in [0.25, 0.3) is 5.91 Å². The molecule has 2 aromatic carbocycles. The van der Waals surface area contributed by atoms with E-state index < -0.39 is 18.0 Å². The molecule has 0 saturated heterocycles. The molecule has 0 aliphatic carbocycles. The first-order valence-corrected chi connectivity index (χ1v) is 7.29. The third-order valence-corrected chi connectivity index (χ3v) is 3.29. The highest BCUT2D eigenvalue weighted by Crippen LogP contribution is 2.19. The van der Waals surface area contributed by atoms with Crippen molar-refractivity contribution in [2.45, 2.75) is 13.1 Å². The van der Waals surface area contributed by atoms with Crippen LogP contribution in [0.15, 0.2) is 53.6 Å². The second-order valence-corrected chi connectivity index (χ2v) is 5.18. The number of rotatable bonds is 4. The van der Waals surface area contributed by atoms with Crippen molar-refractivity contribution < 1.29 is 27.9 Å². The highest BCUT2D eigenvalue weighted by atomic mass is 19.4. The summed E-state index contributed by atoms with van der Waals surface area (Å²) in [5.41, 5.74) is 3.20. The fraction of sp³-hybridized carbons (Fsp3) is 0.118. The first kappa shape index (κ1) is 19.0. The van der Waals surface area contributed by atoms with Crippen molar-refractivity contribution in [1.82, 2.24) is 5.43 Å². The average molecular weight is 365 g/mol. The van der Waals surface area contributed by atoms with E-state index in [-0.39, 0.29) is 17.0 Å². The quantitative estimate of drug-likeness (QED) is 0.575. The maximum atomic E-state index is 12.2. The van der Waals surface area contributed by atoms with Gasteiger partial charge in [-0.15, -0.1) is 0 Å². The summed E-state index contributed by atoms with van der Waals surface area (Å²) in [6.07, 6.45) is -4.97. The first-order valence-electron chi connectivity index (χ1n) is 7.29. The lowest BCUT2D eigenvalue weighted by Gasteiger charge is -2.09. The molecule has 2 amide bonds. The highest BCUT2D eigenvalue weighted by molar-refractivity contribution is 6.02. The summed E-state index contributed by atoms with van der Waals surface area (Å²) in [7, 11) is 0. The van der Waals surface area contributed by atoms with Gasteiger partial charge in [-0.05, 0) is 36.8 Å². The van der Waals surface area contributed by atoms with E-state index in [1.165, 1.54) is 36.4 Å². The molecule has 2 rings (SSSR count). The molecule has 0 aromatic heterocycles. The topological polar surface area (TPSA) is 90.8 Å². The highest BCUT2D eigenvalue weighted by Gasteiger charge is 2.38. The van der Waals surface area contributed by atoms with Crippen LogP contribution in [0.4, 0.5) is 18.9 Å². The molecule has 6 nitrogen and oxygen atoms in total. The predicted octanol–water partition coefficient (Wildman–Crippen LogP) is 3.05. The van der Waals surface area contributed by atoms with E-state index in [4.69, 9.17) is 0 Å². The number of hydrogen-bond acceptors (Lipinski definition) is 4. The van der Waals surface area contributed by atoms with Gasteiger partial charge in [0.05, 0.1) is 11.3 Å². The third-order valence-electron chi connectivity index (χ3n) is 3.29. The van der Waals surface area contributed by atoms with Gasteiger partial charge in [0.2, 0.25) is 0 Å². The number of anilines is 1. The van der Waals surface area contributed by atoms with Gasteiger partial charge in [0, 0.05) is 5.69 Å². The SMILES string of the molecule is C/C(=N\NC(=O)c1ccccc1O)c1ccc(NC(=O)C(F)(F)F)cc1. The van der Waals surface area contributed by atoms with Crippen LogP contribution in [0.5, 0.6) is 5.75 Å². The number of carbonyl (C=O) groups is 2. The number of phenolic OH excluding ortho intramolecular Hbond substituents is 1. The fourth-order valence-electron chi connectivity index (χ4n) is 1.92. The Bertz CT molecular complexity index is 846. The fourth-order valence-corrected chi connectivity index (χ4v) is 1.92. The largest absolute Gasteiger partial charge is 0.507 e. The standard InChI is InChI=1S/C17H14F3N3O3/c1-10(22-23-15(25)13-4-2-3-5-14(13)24)11-6-8-12(9-7-11)21-16(26)17(18,19)20/h2-9,24H,1H3,(H,21,26)(H,23,25)/b22-10+. The van der Waals surface area contributed by atoms with Gasteiger partial charge in [-0.25, -0.2) is 5.43 Å². The summed E-state index contributed by atoms with van der Waals surface area (Å²) in [5.74, 6) is -2.87. The summed E-state index contributed by atoms with van der Waals surface area (Å²) in [5, 5.41) is 15.2. The van der Waals surface area contributed by atoms with Gasteiger partial charge < -0.3 is 10.4 Å². The summed E-state index contributed by atoms with van der Waals surface area (Å²) < 4.78 is 36.6. The number of phenols is 1. The number of halogens is 3. The molecule has 0 bridgehead atoms. The molecule has 136 valence electrons. The van der Waals surface area contributed by atoms with E-state index in [0.29, 0.717) is 11.3 Å². The van der Waals surface area contributed by atoms with Gasteiger partial charge in [-0.2, -0.15) is 18.3 Å². The van der Waals surface area contributed by atoms with E-state index in [9.17, 15) is 27.9 Å². The smallest absolute Gasteiger partial charge is 0.471 e. The average Bonchev–Trinajstić information content (AvgIpc) is 2.59. The summed E-state index contributed by atoms with van der Waals surface area (Å²) in [4.78, 5) is 22.8. The summed E-state index contributed by atoms with van der Waals surface area (Å²) >= 11 is 0. The third kappa shape index (κ3) is 4.82. The Morgan fingerprint density at radius 2 is 1.65 bits per heavy atom. The van der Waals surface area contributed by atoms with Crippen LogP contribution in [0.1, 0.15) is 22.8 Å². The number of amides is 2. The Kier molecular flexibility index (Phi) is 5.61. The molecular formula is C17H14F3N3O3. The minimum absolute atomic E-state index is 0.0258. The first-order chi connectivity index (χ1) is 12.2. The minimum atomic E-state index is -4.97. The van der Waals surface area contributed by atoms with E-state index in [1.54, 1.807) is 24.4 Å². The number of nitrogens with zero attached hydrogens (tertiary/aromatic N) is 1. The Morgan fingerprint density at radius 1 is 1.04 bits per heavy atom. The number of alkyl halides is 3. The zero-order valence-corrected chi connectivity index (χ0v) is 13.5. The van der Waals surface area contributed by atoms with Crippen LogP contribution in [-0.2, 0) is 4.79 Å². The van der Waals surface area contributed by atoms with Crippen LogP contribution in [0.25, 0.3) is 0 Å². The molecule has 2 aromatic rings.